The molecule has 1 saturated heterocycles. The molecule has 1 aromatic rings. The van der Waals surface area contributed by atoms with Crippen molar-refractivity contribution in [3.63, 3.8) is 0 Å². The number of sulfone groups is 1. The number of benzene rings is 1. The summed E-state index contributed by atoms with van der Waals surface area (Å²) in [5.41, 5.74) is 1.35. The number of anilines is 2. The third-order valence-corrected chi connectivity index (χ3v) is 5.53. The topological polar surface area (TPSA) is 95.6 Å². The molecule has 0 saturated carbocycles. The van der Waals surface area contributed by atoms with Gasteiger partial charge in [0.2, 0.25) is 11.8 Å². The largest absolute Gasteiger partial charge is 0.376 e. The number of hydrogen-bond donors (Lipinski definition) is 2. The van der Waals surface area contributed by atoms with Crippen LogP contribution in [-0.2, 0) is 19.4 Å². The molecule has 1 aliphatic rings. The van der Waals surface area contributed by atoms with Crippen LogP contribution in [0.3, 0.4) is 0 Å². The lowest BCUT2D eigenvalue weighted by atomic mass is 10.2. The van der Waals surface area contributed by atoms with Gasteiger partial charge in [0.05, 0.1) is 18.1 Å². The molecule has 7 nitrogen and oxygen atoms in total. The standard InChI is InChI=1S/C15H21N3O4S/c1-11(19)17-13-5-3-4-12(8-13)16-9-15(20)18(2)14-6-7-23(21,22)10-14/h3-5,8,14,16H,6-7,9-10H2,1-2H3,(H,17,19). The Morgan fingerprint density at radius 1 is 1.30 bits per heavy atom. The lowest BCUT2D eigenvalue weighted by Crippen LogP contribution is -2.40. The molecule has 1 atom stereocenters. The van der Waals surface area contributed by atoms with Crippen molar-refractivity contribution in [1.82, 2.24) is 4.90 Å². The first kappa shape index (κ1) is 17.3. The predicted octanol–water partition coefficient (Wildman–Crippen LogP) is 0.702. The molecule has 0 aliphatic carbocycles. The Bertz CT molecular complexity index is 702. The van der Waals surface area contributed by atoms with Gasteiger partial charge < -0.3 is 15.5 Å². The smallest absolute Gasteiger partial charge is 0.241 e. The summed E-state index contributed by atoms with van der Waals surface area (Å²) in [5.74, 6) is -0.160. The highest BCUT2D eigenvalue weighted by Gasteiger charge is 2.32. The fourth-order valence-electron chi connectivity index (χ4n) is 2.50. The fraction of sp³-hybridized carbons (Fsp3) is 0.467. The summed E-state index contributed by atoms with van der Waals surface area (Å²) in [6.45, 7) is 1.49. The predicted molar refractivity (Wildman–Crippen MR) is 89.1 cm³/mol. The number of amides is 2. The summed E-state index contributed by atoms with van der Waals surface area (Å²) in [6.07, 6.45) is 0.489. The van der Waals surface area contributed by atoms with Gasteiger partial charge in [-0.2, -0.15) is 0 Å². The van der Waals surface area contributed by atoms with Gasteiger partial charge >= 0.3 is 0 Å². The Morgan fingerprint density at radius 2 is 2.00 bits per heavy atom. The maximum absolute atomic E-state index is 12.2. The first-order valence-corrected chi connectivity index (χ1v) is 9.16. The Balaban J connectivity index is 1.90. The molecule has 2 N–H and O–H groups in total. The van der Waals surface area contributed by atoms with Gasteiger partial charge in [0, 0.05) is 31.4 Å². The van der Waals surface area contributed by atoms with Gasteiger partial charge in [-0.15, -0.1) is 0 Å². The molecule has 1 fully saturated rings. The maximum Gasteiger partial charge on any atom is 0.241 e. The Morgan fingerprint density at radius 3 is 2.61 bits per heavy atom. The molecule has 8 heteroatoms. The highest BCUT2D eigenvalue weighted by atomic mass is 32.2. The van der Waals surface area contributed by atoms with Crippen LogP contribution in [0.1, 0.15) is 13.3 Å². The molecular formula is C15H21N3O4S. The number of carbonyl (C=O) groups is 2. The highest BCUT2D eigenvalue weighted by molar-refractivity contribution is 7.91. The average molecular weight is 339 g/mol. The van der Waals surface area contributed by atoms with Gasteiger partial charge in [-0.3, -0.25) is 9.59 Å². The van der Waals surface area contributed by atoms with Crippen LogP contribution in [0.5, 0.6) is 0 Å². The molecule has 1 aromatic carbocycles. The van der Waals surface area contributed by atoms with Crippen LogP contribution in [0.4, 0.5) is 11.4 Å². The Labute approximate surface area is 136 Å². The molecule has 2 rings (SSSR count). The van der Waals surface area contributed by atoms with Crippen LogP contribution >= 0.6 is 0 Å². The zero-order chi connectivity index (χ0) is 17.0. The van der Waals surface area contributed by atoms with Gasteiger partial charge in [-0.05, 0) is 24.6 Å². The molecule has 23 heavy (non-hydrogen) atoms. The summed E-state index contributed by atoms with van der Waals surface area (Å²) in [5, 5.41) is 5.66. The zero-order valence-electron chi connectivity index (χ0n) is 13.2. The van der Waals surface area contributed by atoms with E-state index in [1.165, 1.54) is 11.8 Å². The van der Waals surface area contributed by atoms with Gasteiger partial charge in [0.1, 0.15) is 0 Å². The van der Waals surface area contributed by atoms with Crippen molar-refractivity contribution >= 4 is 33.0 Å². The normalized spacial score (nSPS) is 19.1. The minimum Gasteiger partial charge on any atom is -0.376 e. The first-order chi connectivity index (χ1) is 10.8. The van der Waals surface area contributed by atoms with E-state index in [4.69, 9.17) is 0 Å². The van der Waals surface area contributed by atoms with Crippen LogP contribution < -0.4 is 10.6 Å². The number of carbonyl (C=O) groups excluding carboxylic acids is 2. The van der Waals surface area contributed by atoms with Crippen molar-refractivity contribution in [2.75, 3.05) is 35.7 Å². The number of nitrogens with one attached hydrogen (secondary N) is 2. The van der Waals surface area contributed by atoms with E-state index in [9.17, 15) is 18.0 Å². The van der Waals surface area contributed by atoms with E-state index in [2.05, 4.69) is 10.6 Å². The van der Waals surface area contributed by atoms with Gasteiger partial charge in [0.15, 0.2) is 9.84 Å². The monoisotopic (exact) mass is 339 g/mol. The second kappa shape index (κ2) is 6.99. The fourth-order valence-corrected chi connectivity index (χ4v) is 4.27. The van der Waals surface area contributed by atoms with E-state index in [1.54, 1.807) is 31.3 Å². The van der Waals surface area contributed by atoms with E-state index in [0.29, 0.717) is 17.8 Å². The number of nitrogens with zero attached hydrogens (tertiary/aromatic N) is 1. The zero-order valence-corrected chi connectivity index (χ0v) is 14.0. The molecule has 1 unspecified atom stereocenters. The average Bonchev–Trinajstić information content (AvgIpc) is 2.84. The molecule has 1 heterocycles. The second-order valence-electron chi connectivity index (χ2n) is 5.68. The van der Waals surface area contributed by atoms with Crippen molar-refractivity contribution < 1.29 is 18.0 Å². The highest BCUT2D eigenvalue weighted by Crippen LogP contribution is 2.17. The van der Waals surface area contributed by atoms with Crippen LogP contribution in [0.25, 0.3) is 0 Å². The summed E-state index contributed by atoms with van der Waals surface area (Å²) >= 11 is 0. The number of rotatable bonds is 5. The third kappa shape index (κ3) is 4.95. The Hall–Kier alpha value is -2.09. The van der Waals surface area contributed by atoms with Crippen molar-refractivity contribution in [3.05, 3.63) is 24.3 Å². The molecule has 0 aromatic heterocycles. The van der Waals surface area contributed by atoms with Crippen LogP contribution in [0, 0.1) is 0 Å². The van der Waals surface area contributed by atoms with Crippen LogP contribution in [-0.4, -0.2) is 56.3 Å². The molecule has 1 aliphatic heterocycles. The van der Waals surface area contributed by atoms with Gasteiger partial charge in [0.25, 0.3) is 0 Å². The van der Waals surface area contributed by atoms with E-state index >= 15 is 0 Å². The summed E-state index contributed by atoms with van der Waals surface area (Å²) in [7, 11) is -1.38. The molecule has 2 amide bonds. The van der Waals surface area contributed by atoms with E-state index < -0.39 is 9.84 Å². The van der Waals surface area contributed by atoms with E-state index in [0.717, 1.165) is 0 Å². The molecule has 0 spiro atoms. The van der Waals surface area contributed by atoms with E-state index in [1.807, 2.05) is 0 Å². The lowest BCUT2D eigenvalue weighted by molar-refractivity contribution is -0.129. The SMILES string of the molecule is CC(=O)Nc1cccc(NCC(=O)N(C)C2CCS(=O)(=O)C2)c1. The summed E-state index contributed by atoms with van der Waals surface area (Å²) < 4.78 is 23.0. The quantitative estimate of drug-likeness (QED) is 0.823. The molecule has 126 valence electrons. The van der Waals surface area contributed by atoms with E-state index in [-0.39, 0.29) is 35.9 Å². The molecule has 0 radical (unpaired) electrons. The number of likely N-dealkylation sites (N-methyl/N-ethyl adjacent to an activating group) is 1. The lowest BCUT2D eigenvalue weighted by Gasteiger charge is -2.23. The summed E-state index contributed by atoms with van der Waals surface area (Å²) in [6, 6.07) is 6.79. The van der Waals surface area contributed by atoms with Crippen molar-refractivity contribution in [3.8, 4) is 0 Å². The van der Waals surface area contributed by atoms with Crippen LogP contribution in [0.2, 0.25) is 0 Å². The third-order valence-electron chi connectivity index (χ3n) is 3.78. The summed E-state index contributed by atoms with van der Waals surface area (Å²) in [4.78, 5) is 24.7. The first-order valence-electron chi connectivity index (χ1n) is 7.34. The van der Waals surface area contributed by atoms with Crippen LogP contribution in [0.15, 0.2) is 24.3 Å². The number of hydrogen-bond acceptors (Lipinski definition) is 5. The minimum atomic E-state index is -3.01. The second-order valence-corrected chi connectivity index (χ2v) is 7.91. The molecule has 0 bridgehead atoms. The van der Waals surface area contributed by atoms with Crippen molar-refractivity contribution in [2.24, 2.45) is 0 Å². The van der Waals surface area contributed by atoms with Crippen molar-refractivity contribution in [1.29, 1.82) is 0 Å². The molecular weight excluding hydrogens is 318 g/mol. The van der Waals surface area contributed by atoms with Crippen molar-refractivity contribution in [2.45, 2.75) is 19.4 Å². The van der Waals surface area contributed by atoms with Gasteiger partial charge in [-0.25, -0.2) is 8.42 Å². The maximum atomic E-state index is 12.2. The van der Waals surface area contributed by atoms with Gasteiger partial charge in [-0.1, -0.05) is 6.07 Å². The Kier molecular flexibility index (Phi) is 5.25. The minimum absolute atomic E-state index is 0.0350.